The summed E-state index contributed by atoms with van der Waals surface area (Å²) in [5, 5.41) is 12.9. The molecule has 1 heterocycles. The molecule has 0 aliphatic carbocycles. The van der Waals surface area contributed by atoms with Crippen molar-refractivity contribution in [1.29, 1.82) is 0 Å². The van der Waals surface area contributed by atoms with Gasteiger partial charge in [0.05, 0.1) is 0 Å². The van der Waals surface area contributed by atoms with Crippen molar-refractivity contribution in [2.75, 3.05) is 0 Å². The third-order valence-corrected chi connectivity index (χ3v) is 5.58. The third-order valence-electron chi connectivity index (χ3n) is 1.36. The zero-order chi connectivity index (χ0) is 7.72. The summed E-state index contributed by atoms with van der Waals surface area (Å²) in [6.07, 6.45) is 0. The molecule has 1 rings (SSSR count). The Labute approximate surface area is 76.8 Å². The van der Waals surface area contributed by atoms with E-state index in [1.54, 1.807) is 16.9 Å². The van der Waals surface area contributed by atoms with Crippen LogP contribution in [-0.4, -0.2) is 48.6 Å². The standard InChI is InChI=1S/C5H10As2N2O/c1-9-5(7)4(6)3(2-10)8-9/h10H,2,6-7H2,1H3. The van der Waals surface area contributed by atoms with Crippen LogP contribution in [0.4, 0.5) is 0 Å². The Morgan fingerprint density at radius 2 is 2.20 bits per heavy atom. The molecule has 0 aromatic carbocycles. The van der Waals surface area contributed by atoms with E-state index in [0.29, 0.717) is 0 Å². The van der Waals surface area contributed by atoms with Crippen molar-refractivity contribution in [3.8, 4) is 0 Å². The Kier molecular flexibility index (Phi) is 2.62. The summed E-state index contributed by atoms with van der Waals surface area (Å²) in [4.78, 5) is 0. The van der Waals surface area contributed by atoms with Crippen molar-refractivity contribution in [3.63, 3.8) is 0 Å². The van der Waals surface area contributed by atoms with Crippen LogP contribution in [0.5, 0.6) is 0 Å². The molecule has 0 saturated carbocycles. The second kappa shape index (κ2) is 3.12. The molecule has 56 valence electrons. The van der Waals surface area contributed by atoms with Crippen molar-refractivity contribution in [2.45, 2.75) is 6.61 Å². The minimum absolute atomic E-state index is 0.0609. The van der Waals surface area contributed by atoms with Gasteiger partial charge in [-0.2, -0.15) is 0 Å². The van der Waals surface area contributed by atoms with E-state index < -0.39 is 0 Å². The Hall–Kier alpha value is 0.287. The van der Waals surface area contributed by atoms with Crippen LogP contribution in [0, 0.1) is 0 Å². The van der Waals surface area contributed by atoms with Crippen molar-refractivity contribution in [2.24, 2.45) is 7.05 Å². The predicted molar refractivity (Wildman–Crippen MR) is 45.5 cm³/mol. The van der Waals surface area contributed by atoms with E-state index in [0.717, 1.165) is 5.69 Å². The van der Waals surface area contributed by atoms with Crippen LogP contribution >= 0.6 is 0 Å². The first kappa shape index (κ1) is 8.38. The van der Waals surface area contributed by atoms with Crippen molar-refractivity contribution in [3.05, 3.63) is 5.69 Å². The fraction of sp³-hybridized carbons (Fsp3) is 0.400. The van der Waals surface area contributed by atoms with Gasteiger partial charge in [-0.1, -0.05) is 0 Å². The first-order valence-corrected chi connectivity index (χ1v) is 5.26. The average molecular weight is 264 g/mol. The maximum atomic E-state index is 8.80. The van der Waals surface area contributed by atoms with Crippen LogP contribution in [0.3, 0.4) is 0 Å². The van der Waals surface area contributed by atoms with Crippen LogP contribution in [0.2, 0.25) is 0 Å². The Morgan fingerprint density at radius 3 is 2.40 bits per heavy atom. The molecule has 0 bridgehead atoms. The number of aromatic nitrogens is 2. The van der Waals surface area contributed by atoms with Crippen LogP contribution in [0.15, 0.2) is 0 Å². The van der Waals surface area contributed by atoms with Gasteiger partial charge in [0, 0.05) is 0 Å². The maximum absolute atomic E-state index is 8.80. The Morgan fingerprint density at radius 1 is 1.60 bits per heavy atom. The topological polar surface area (TPSA) is 38.0 Å². The summed E-state index contributed by atoms with van der Waals surface area (Å²) in [6, 6.07) is 0. The molecule has 0 aliphatic heterocycles. The molecule has 10 heavy (non-hydrogen) atoms. The van der Waals surface area contributed by atoms with Crippen LogP contribution < -0.4 is 8.83 Å². The van der Waals surface area contributed by atoms with Crippen molar-refractivity contribution in [1.82, 2.24) is 9.78 Å². The van der Waals surface area contributed by atoms with Crippen molar-refractivity contribution >= 4 is 42.5 Å². The van der Waals surface area contributed by atoms with E-state index in [1.165, 1.54) is 25.7 Å². The fourth-order valence-corrected chi connectivity index (χ4v) is 1.90. The monoisotopic (exact) mass is 264 g/mol. The van der Waals surface area contributed by atoms with Gasteiger partial charge in [0.1, 0.15) is 0 Å². The van der Waals surface area contributed by atoms with Gasteiger partial charge in [-0.05, 0) is 0 Å². The normalized spacial score (nSPS) is 10.4. The molecule has 0 fully saturated rings. The summed E-state index contributed by atoms with van der Waals surface area (Å²) < 4.78 is 4.21. The molecule has 1 N–H and O–H groups in total. The number of aryl methyl sites for hydroxylation is 1. The predicted octanol–water partition coefficient (Wildman–Crippen LogP) is -3.57. The van der Waals surface area contributed by atoms with E-state index in [2.05, 4.69) is 5.10 Å². The van der Waals surface area contributed by atoms with E-state index in [-0.39, 0.29) is 6.61 Å². The number of aliphatic hydroxyl groups is 1. The molecule has 0 aliphatic rings. The number of nitrogens with zero attached hydrogens (tertiary/aromatic N) is 2. The van der Waals surface area contributed by atoms with Crippen LogP contribution in [0.1, 0.15) is 5.69 Å². The van der Waals surface area contributed by atoms with Gasteiger partial charge < -0.3 is 0 Å². The first-order valence-electron chi connectivity index (χ1n) is 2.84. The molecule has 1 aromatic rings. The number of hydrogen-bond acceptors (Lipinski definition) is 2. The summed E-state index contributed by atoms with van der Waals surface area (Å²) >= 11 is 3.09. The molecule has 0 amide bonds. The summed E-state index contributed by atoms with van der Waals surface area (Å²) in [6.45, 7) is 0.0609. The zero-order valence-corrected chi connectivity index (χ0v) is 10.5. The zero-order valence-electron chi connectivity index (χ0n) is 5.70. The quantitative estimate of drug-likeness (QED) is 0.533. The van der Waals surface area contributed by atoms with Gasteiger partial charge in [-0.15, -0.1) is 0 Å². The summed E-state index contributed by atoms with van der Waals surface area (Å²) in [5.74, 6) is 0. The number of aliphatic hydroxyl groups excluding tert-OH is 1. The molecule has 2 unspecified atom stereocenters. The Balaban J connectivity index is 3.17. The first-order chi connectivity index (χ1) is 4.66. The third kappa shape index (κ3) is 1.32. The molecule has 2 atom stereocenters. The van der Waals surface area contributed by atoms with Gasteiger partial charge in [-0.25, -0.2) is 0 Å². The van der Waals surface area contributed by atoms with E-state index in [9.17, 15) is 0 Å². The summed E-state index contributed by atoms with van der Waals surface area (Å²) in [5.41, 5.74) is 0.821. The molecule has 1 aromatic heterocycles. The van der Waals surface area contributed by atoms with Gasteiger partial charge in [0.2, 0.25) is 0 Å². The number of hydrogen-bond donors (Lipinski definition) is 1. The fourth-order valence-electron chi connectivity index (χ4n) is 0.728. The minimum atomic E-state index is 0.0609. The van der Waals surface area contributed by atoms with Crippen molar-refractivity contribution < 1.29 is 5.11 Å². The van der Waals surface area contributed by atoms with E-state index in [4.69, 9.17) is 5.11 Å². The molecular formula is C5H10As2N2O. The van der Waals surface area contributed by atoms with E-state index in [1.807, 2.05) is 11.7 Å². The molecular weight excluding hydrogens is 254 g/mol. The molecule has 3 nitrogen and oxygen atoms in total. The molecule has 0 spiro atoms. The molecule has 0 radical (unpaired) electrons. The average Bonchev–Trinajstić information content (AvgIpc) is 2.17. The van der Waals surface area contributed by atoms with Crippen LogP contribution in [0.25, 0.3) is 0 Å². The van der Waals surface area contributed by atoms with Gasteiger partial charge in [-0.3, -0.25) is 0 Å². The van der Waals surface area contributed by atoms with Gasteiger partial charge in [0.25, 0.3) is 0 Å². The van der Waals surface area contributed by atoms with E-state index >= 15 is 0 Å². The number of rotatable bonds is 1. The SMILES string of the molecule is Cn1nc(CO)c([AsH2])c1[AsH2]. The van der Waals surface area contributed by atoms with Gasteiger partial charge in [0.15, 0.2) is 0 Å². The second-order valence-corrected chi connectivity index (χ2v) is 4.39. The molecule has 0 saturated heterocycles. The Bertz CT molecular complexity index is 246. The second-order valence-electron chi connectivity index (χ2n) is 2.03. The summed E-state index contributed by atoms with van der Waals surface area (Å²) in [7, 11) is 1.90. The van der Waals surface area contributed by atoms with Gasteiger partial charge >= 0.3 is 76.8 Å². The molecule has 5 heteroatoms. The van der Waals surface area contributed by atoms with Crippen LogP contribution in [-0.2, 0) is 13.7 Å².